The molecule has 0 aliphatic heterocycles. The van der Waals surface area contributed by atoms with Crippen LogP contribution >= 0.6 is 27.5 Å². The molecular formula is C16H19BrClN3. The molecule has 3 rings (SSSR count). The van der Waals surface area contributed by atoms with Gasteiger partial charge in [-0.2, -0.15) is 5.10 Å². The van der Waals surface area contributed by atoms with Crippen molar-refractivity contribution in [2.24, 2.45) is 5.73 Å². The van der Waals surface area contributed by atoms with E-state index in [-0.39, 0.29) is 6.04 Å². The van der Waals surface area contributed by atoms with Crippen LogP contribution in [0, 0.1) is 0 Å². The Morgan fingerprint density at radius 1 is 1.33 bits per heavy atom. The molecule has 2 N–H and O–H groups in total. The van der Waals surface area contributed by atoms with Gasteiger partial charge in [0.25, 0.3) is 0 Å². The topological polar surface area (TPSA) is 43.8 Å². The van der Waals surface area contributed by atoms with E-state index in [1.54, 1.807) is 0 Å². The highest BCUT2D eigenvalue weighted by Gasteiger charge is 2.18. The first kappa shape index (κ1) is 15.1. The van der Waals surface area contributed by atoms with Crippen molar-refractivity contribution in [3.63, 3.8) is 0 Å². The summed E-state index contributed by atoms with van der Waals surface area (Å²) in [6, 6.07) is 8.27. The van der Waals surface area contributed by atoms with Gasteiger partial charge in [0, 0.05) is 28.2 Å². The number of nitrogens with zero attached hydrogens (tertiary/aromatic N) is 2. The van der Waals surface area contributed by atoms with E-state index >= 15 is 0 Å². The predicted octanol–water partition coefficient (Wildman–Crippen LogP) is 4.66. The highest BCUT2D eigenvalue weighted by Crippen LogP contribution is 2.30. The van der Waals surface area contributed by atoms with Crippen LogP contribution in [0.5, 0.6) is 0 Å². The number of nitrogens with two attached hydrogens (primary N) is 1. The van der Waals surface area contributed by atoms with Crippen molar-refractivity contribution in [3.05, 3.63) is 51.2 Å². The molecule has 1 saturated carbocycles. The fourth-order valence-corrected chi connectivity index (χ4v) is 3.71. The zero-order valence-corrected chi connectivity index (χ0v) is 14.1. The maximum Gasteiger partial charge on any atom is 0.0643 e. The molecular weight excluding hydrogens is 350 g/mol. The molecule has 0 radical (unpaired) electrons. The predicted molar refractivity (Wildman–Crippen MR) is 89.5 cm³/mol. The molecule has 2 aromatic rings. The summed E-state index contributed by atoms with van der Waals surface area (Å²) in [5.41, 5.74) is 8.39. The van der Waals surface area contributed by atoms with Crippen LogP contribution in [0.2, 0.25) is 5.02 Å². The lowest BCUT2D eigenvalue weighted by Crippen LogP contribution is -2.15. The van der Waals surface area contributed by atoms with E-state index in [0.29, 0.717) is 11.1 Å². The van der Waals surface area contributed by atoms with E-state index in [2.05, 4.69) is 32.9 Å². The largest absolute Gasteiger partial charge is 0.324 e. The molecule has 112 valence electrons. The molecule has 1 aliphatic rings. The number of rotatable bonds is 4. The average Bonchev–Trinajstić information content (AvgIpc) is 3.11. The van der Waals surface area contributed by atoms with Gasteiger partial charge in [-0.15, -0.1) is 0 Å². The fraction of sp³-hybridized carbons (Fsp3) is 0.438. The zero-order valence-electron chi connectivity index (χ0n) is 11.8. The van der Waals surface area contributed by atoms with Crippen molar-refractivity contribution in [2.45, 2.75) is 44.2 Å². The Hall–Kier alpha value is -0.840. The molecule has 0 amide bonds. The van der Waals surface area contributed by atoms with Crippen LogP contribution in [-0.2, 0) is 6.42 Å². The van der Waals surface area contributed by atoms with E-state index < -0.39 is 0 Å². The second kappa shape index (κ2) is 6.51. The summed E-state index contributed by atoms with van der Waals surface area (Å²) in [7, 11) is 0. The molecule has 0 bridgehead atoms. The second-order valence-electron chi connectivity index (χ2n) is 5.70. The second-order valence-corrected chi connectivity index (χ2v) is 6.99. The molecule has 1 heterocycles. The highest BCUT2D eigenvalue weighted by molar-refractivity contribution is 9.10. The van der Waals surface area contributed by atoms with Gasteiger partial charge in [0.15, 0.2) is 0 Å². The van der Waals surface area contributed by atoms with E-state index in [0.717, 1.165) is 22.2 Å². The third kappa shape index (κ3) is 3.50. The standard InChI is InChI=1S/C16H19BrClN3/c17-15-6-5-11(18)9-14(15)16(19)10-12-7-8-21(20-12)13-3-1-2-4-13/h5-9,13,16H,1-4,10,19H2. The molecule has 3 nitrogen and oxygen atoms in total. The SMILES string of the molecule is NC(Cc1ccn(C2CCCC2)n1)c1cc(Cl)ccc1Br. The number of hydrogen-bond acceptors (Lipinski definition) is 2. The molecule has 5 heteroatoms. The first-order valence-corrected chi connectivity index (χ1v) is 8.55. The summed E-state index contributed by atoms with van der Waals surface area (Å²) in [5.74, 6) is 0. The van der Waals surface area contributed by atoms with Gasteiger partial charge in [-0.3, -0.25) is 4.68 Å². The minimum absolute atomic E-state index is 0.106. The van der Waals surface area contributed by atoms with Gasteiger partial charge < -0.3 is 5.73 Å². The Bertz CT molecular complexity index is 620. The van der Waals surface area contributed by atoms with Crippen molar-refractivity contribution < 1.29 is 0 Å². The lowest BCUT2D eigenvalue weighted by atomic mass is 10.0. The van der Waals surface area contributed by atoms with Crippen LogP contribution in [0.1, 0.15) is 49.0 Å². The Morgan fingerprint density at radius 3 is 2.86 bits per heavy atom. The Labute approximate surface area is 138 Å². The van der Waals surface area contributed by atoms with Crippen LogP contribution in [-0.4, -0.2) is 9.78 Å². The van der Waals surface area contributed by atoms with Crippen LogP contribution < -0.4 is 5.73 Å². The number of halogens is 2. The van der Waals surface area contributed by atoms with E-state index in [9.17, 15) is 0 Å². The first-order valence-electron chi connectivity index (χ1n) is 7.38. The van der Waals surface area contributed by atoms with Gasteiger partial charge >= 0.3 is 0 Å². The molecule has 1 aromatic heterocycles. The first-order chi connectivity index (χ1) is 10.1. The molecule has 1 aliphatic carbocycles. The third-order valence-corrected chi connectivity index (χ3v) is 5.11. The van der Waals surface area contributed by atoms with E-state index in [1.165, 1.54) is 25.7 Å². The van der Waals surface area contributed by atoms with Gasteiger partial charge in [0.1, 0.15) is 0 Å². The molecule has 1 aromatic carbocycles. The lowest BCUT2D eigenvalue weighted by Gasteiger charge is -2.13. The minimum Gasteiger partial charge on any atom is -0.324 e. The number of aromatic nitrogens is 2. The maximum absolute atomic E-state index is 6.32. The zero-order chi connectivity index (χ0) is 14.8. The average molecular weight is 369 g/mol. The lowest BCUT2D eigenvalue weighted by molar-refractivity contribution is 0.461. The van der Waals surface area contributed by atoms with E-state index in [4.69, 9.17) is 22.4 Å². The van der Waals surface area contributed by atoms with Gasteiger partial charge in [-0.05, 0) is 42.7 Å². The maximum atomic E-state index is 6.32. The van der Waals surface area contributed by atoms with Crippen molar-refractivity contribution >= 4 is 27.5 Å². The molecule has 21 heavy (non-hydrogen) atoms. The molecule has 0 saturated heterocycles. The Kier molecular flexibility index (Phi) is 4.67. The van der Waals surface area contributed by atoms with Gasteiger partial charge in [-0.1, -0.05) is 40.4 Å². The summed E-state index contributed by atoms with van der Waals surface area (Å²) in [4.78, 5) is 0. The fourth-order valence-electron chi connectivity index (χ4n) is 2.99. The molecule has 1 unspecified atom stereocenters. The number of hydrogen-bond donors (Lipinski definition) is 1. The van der Waals surface area contributed by atoms with Crippen LogP contribution in [0.15, 0.2) is 34.9 Å². The molecule has 0 spiro atoms. The van der Waals surface area contributed by atoms with Crippen molar-refractivity contribution in [1.82, 2.24) is 9.78 Å². The highest BCUT2D eigenvalue weighted by atomic mass is 79.9. The summed E-state index contributed by atoms with van der Waals surface area (Å²) >= 11 is 9.60. The van der Waals surface area contributed by atoms with Gasteiger partial charge in [0.05, 0.1) is 11.7 Å². The Morgan fingerprint density at radius 2 is 2.10 bits per heavy atom. The van der Waals surface area contributed by atoms with Crippen LogP contribution in [0.3, 0.4) is 0 Å². The normalized spacial score (nSPS) is 17.3. The summed E-state index contributed by atoms with van der Waals surface area (Å²) in [6.45, 7) is 0. The van der Waals surface area contributed by atoms with Crippen LogP contribution in [0.25, 0.3) is 0 Å². The van der Waals surface area contributed by atoms with Gasteiger partial charge in [-0.25, -0.2) is 0 Å². The smallest absolute Gasteiger partial charge is 0.0643 e. The quantitative estimate of drug-likeness (QED) is 0.853. The van der Waals surface area contributed by atoms with E-state index in [1.807, 2.05) is 18.2 Å². The van der Waals surface area contributed by atoms with Gasteiger partial charge in [0.2, 0.25) is 0 Å². The molecule has 1 atom stereocenters. The monoisotopic (exact) mass is 367 g/mol. The summed E-state index contributed by atoms with van der Waals surface area (Å²) in [5, 5.41) is 5.41. The van der Waals surface area contributed by atoms with Crippen LogP contribution in [0.4, 0.5) is 0 Å². The van der Waals surface area contributed by atoms with Crippen molar-refractivity contribution in [1.29, 1.82) is 0 Å². The summed E-state index contributed by atoms with van der Waals surface area (Å²) in [6.07, 6.45) is 7.92. The molecule has 1 fully saturated rings. The van der Waals surface area contributed by atoms with Crippen molar-refractivity contribution in [2.75, 3.05) is 0 Å². The number of benzene rings is 1. The van der Waals surface area contributed by atoms with Crippen molar-refractivity contribution in [3.8, 4) is 0 Å². The third-order valence-electron chi connectivity index (χ3n) is 4.15. The minimum atomic E-state index is -0.106. The Balaban J connectivity index is 1.72. The summed E-state index contributed by atoms with van der Waals surface area (Å²) < 4.78 is 3.11.